The SMILES string of the molecule is CCC(CC)CN(CC)C(=O)c1ccn(-c2ccccc2F)n1. The summed E-state index contributed by atoms with van der Waals surface area (Å²) < 4.78 is 15.2. The van der Waals surface area contributed by atoms with Gasteiger partial charge in [0.1, 0.15) is 11.5 Å². The maximum atomic E-state index is 13.8. The van der Waals surface area contributed by atoms with Gasteiger partial charge in [-0.3, -0.25) is 4.79 Å². The van der Waals surface area contributed by atoms with Crippen molar-refractivity contribution in [1.29, 1.82) is 0 Å². The van der Waals surface area contributed by atoms with Crippen LogP contribution in [0.5, 0.6) is 0 Å². The normalized spacial score (nSPS) is 11.0. The van der Waals surface area contributed by atoms with Crippen molar-refractivity contribution in [2.24, 2.45) is 5.92 Å². The Balaban J connectivity index is 2.18. The highest BCUT2D eigenvalue weighted by Crippen LogP contribution is 2.15. The maximum absolute atomic E-state index is 13.8. The van der Waals surface area contributed by atoms with Crippen molar-refractivity contribution in [2.75, 3.05) is 13.1 Å². The molecule has 0 spiro atoms. The van der Waals surface area contributed by atoms with Gasteiger partial charge in [-0.25, -0.2) is 9.07 Å². The van der Waals surface area contributed by atoms with Crippen molar-refractivity contribution >= 4 is 5.91 Å². The van der Waals surface area contributed by atoms with Crippen molar-refractivity contribution in [3.63, 3.8) is 0 Å². The molecule has 0 N–H and O–H groups in total. The van der Waals surface area contributed by atoms with Crippen molar-refractivity contribution in [3.05, 3.63) is 48.0 Å². The third-order valence-corrected chi connectivity index (χ3v) is 4.21. The zero-order valence-electron chi connectivity index (χ0n) is 14.0. The number of amides is 1. The fourth-order valence-electron chi connectivity index (χ4n) is 2.59. The van der Waals surface area contributed by atoms with Crippen LogP contribution in [-0.2, 0) is 0 Å². The van der Waals surface area contributed by atoms with E-state index in [1.807, 2.05) is 11.8 Å². The van der Waals surface area contributed by atoms with Crippen LogP contribution in [0.25, 0.3) is 5.69 Å². The molecule has 0 bridgehead atoms. The number of carbonyl (C=O) groups excluding carboxylic acids is 1. The van der Waals surface area contributed by atoms with E-state index in [-0.39, 0.29) is 11.7 Å². The van der Waals surface area contributed by atoms with Crippen molar-refractivity contribution < 1.29 is 9.18 Å². The lowest BCUT2D eigenvalue weighted by molar-refractivity contribution is 0.0728. The first-order valence-corrected chi connectivity index (χ1v) is 8.20. The smallest absolute Gasteiger partial charge is 0.274 e. The quantitative estimate of drug-likeness (QED) is 0.776. The van der Waals surface area contributed by atoms with Crippen molar-refractivity contribution in [1.82, 2.24) is 14.7 Å². The molecule has 0 saturated carbocycles. The predicted molar refractivity (Wildman–Crippen MR) is 89.2 cm³/mol. The number of para-hydroxylation sites is 1. The number of halogens is 1. The van der Waals surface area contributed by atoms with Gasteiger partial charge in [-0.15, -0.1) is 0 Å². The molecule has 124 valence electrons. The number of hydrogen-bond acceptors (Lipinski definition) is 2. The van der Waals surface area contributed by atoms with Gasteiger partial charge in [-0.05, 0) is 31.0 Å². The van der Waals surface area contributed by atoms with Gasteiger partial charge in [0.05, 0.1) is 0 Å². The van der Waals surface area contributed by atoms with Crippen molar-refractivity contribution in [2.45, 2.75) is 33.6 Å². The molecule has 1 heterocycles. The fourth-order valence-corrected chi connectivity index (χ4v) is 2.59. The number of hydrogen-bond donors (Lipinski definition) is 0. The van der Waals surface area contributed by atoms with Crippen LogP contribution < -0.4 is 0 Å². The Kier molecular flexibility index (Phi) is 5.90. The second-order valence-corrected chi connectivity index (χ2v) is 5.62. The molecule has 23 heavy (non-hydrogen) atoms. The van der Waals surface area contributed by atoms with Gasteiger partial charge < -0.3 is 4.90 Å². The summed E-state index contributed by atoms with van der Waals surface area (Å²) >= 11 is 0. The summed E-state index contributed by atoms with van der Waals surface area (Å²) in [6.07, 6.45) is 3.71. The molecule has 1 aromatic heterocycles. The molecule has 0 saturated heterocycles. The Morgan fingerprint density at radius 2 is 1.91 bits per heavy atom. The first-order chi connectivity index (χ1) is 11.1. The van der Waals surface area contributed by atoms with Gasteiger partial charge in [0.15, 0.2) is 5.69 Å². The van der Waals surface area contributed by atoms with E-state index in [9.17, 15) is 9.18 Å². The zero-order valence-corrected chi connectivity index (χ0v) is 14.0. The van der Waals surface area contributed by atoms with E-state index in [1.165, 1.54) is 10.7 Å². The summed E-state index contributed by atoms with van der Waals surface area (Å²) in [5, 5.41) is 4.25. The molecule has 0 fully saturated rings. The molecule has 0 atom stereocenters. The standard InChI is InChI=1S/C18H24FN3O/c1-4-14(5-2)13-21(6-3)18(23)16-11-12-22(20-16)17-10-8-7-9-15(17)19/h7-12,14H,4-6,13H2,1-3H3. The molecular formula is C18H24FN3O. The highest BCUT2D eigenvalue weighted by atomic mass is 19.1. The monoisotopic (exact) mass is 317 g/mol. The molecular weight excluding hydrogens is 293 g/mol. The van der Waals surface area contributed by atoms with E-state index in [0.717, 1.165) is 19.4 Å². The molecule has 0 aliphatic carbocycles. The van der Waals surface area contributed by atoms with E-state index < -0.39 is 0 Å². The number of nitrogens with zero attached hydrogens (tertiary/aromatic N) is 3. The first kappa shape index (κ1) is 17.2. The number of carbonyl (C=O) groups is 1. The third-order valence-electron chi connectivity index (χ3n) is 4.21. The molecule has 2 aromatic rings. The van der Waals surface area contributed by atoms with Crippen LogP contribution in [0.2, 0.25) is 0 Å². The molecule has 4 nitrogen and oxygen atoms in total. The van der Waals surface area contributed by atoms with E-state index in [0.29, 0.717) is 23.8 Å². The van der Waals surface area contributed by atoms with Crippen LogP contribution in [0.3, 0.4) is 0 Å². The van der Waals surface area contributed by atoms with Gasteiger partial charge >= 0.3 is 0 Å². The van der Waals surface area contributed by atoms with Crippen molar-refractivity contribution in [3.8, 4) is 5.69 Å². The van der Waals surface area contributed by atoms with E-state index in [4.69, 9.17) is 0 Å². The van der Waals surface area contributed by atoms with Crippen LogP contribution in [0.15, 0.2) is 36.5 Å². The minimum Gasteiger partial charge on any atom is -0.337 e. The van der Waals surface area contributed by atoms with Gasteiger partial charge in [0, 0.05) is 19.3 Å². The molecule has 0 aliphatic heterocycles. The largest absolute Gasteiger partial charge is 0.337 e. The number of aromatic nitrogens is 2. The van der Waals surface area contributed by atoms with Gasteiger partial charge in [-0.2, -0.15) is 5.10 Å². The average Bonchev–Trinajstić information content (AvgIpc) is 3.06. The summed E-state index contributed by atoms with van der Waals surface area (Å²) in [6, 6.07) is 8.03. The summed E-state index contributed by atoms with van der Waals surface area (Å²) in [7, 11) is 0. The Morgan fingerprint density at radius 1 is 1.22 bits per heavy atom. The summed E-state index contributed by atoms with van der Waals surface area (Å²) in [5.74, 6) is 0.0287. The Bertz CT molecular complexity index is 649. The number of benzene rings is 1. The van der Waals surface area contributed by atoms with Gasteiger partial charge in [0.25, 0.3) is 5.91 Å². The average molecular weight is 317 g/mol. The van der Waals surface area contributed by atoms with E-state index in [2.05, 4.69) is 18.9 Å². The lowest BCUT2D eigenvalue weighted by atomic mass is 10.0. The maximum Gasteiger partial charge on any atom is 0.274 e. The molecule has 2 rings (SSSR count). The lowest BCUT2D eigenvalue weighted by Crippen LogP contribution is -2.35. The van der Waals surface area contributed by atoms with Gasteiger partial charge in [0.2, 0.25) is 0 Å². The summed E-state index contributed by atoms with van der Waals surface area (Å²) in [6.45, 7) is 7.61. The Hall–Kier alpha value is -2.17. The van der Waals surface area contributed by atoms with Gasteiger partial charge in [-0.1, -0.05) is 38.8 Å². The molecule has 0 aliphatic rings. The summed E-state index contributed by atoms with van der Waals surface area (Å²) in [4.78, 5) is 14.4. The number of rotatable bonds is 7. The Morgan fingerprint density at radius 3 is 2.52 bits per heavy atom. The molecule has 1 amide bonds. The third kappa shape index (κ3) is 3.97. The van der Waals surface area contributed by atoms with Crippen LogP contribution in [0, 0.1) is 11.7 Å². The first-order valence-electron chi connectivity index (χ1n) is 8.20. The topological polar surface area (TPSA) is 38.1 Å². The van der Waals surface area contributed by atoms with E-state index in [1.54, 1.807) is 30.5 Å². The lowest BCUT2D eigenvalue weighted by Gasteiger charge is -2.24. The highest BCUT2D eigenvalue weighted by Gasteiger charge is 2.20. The van der Waals surface area contributed by atoms with Crippen LogP contribution in [-0.4, -0.2) is 33.7 Å². The summed E-state index contributed by atoms with van der Waals surface area (Å²) in [5.41, 5.74) is 0.690. The van der Waals surface area contributed by atoms with Crippen LogP contribution in [0.1, 0.15) is 44.1 Å². The molecule has 0 radical (unpaired) electrons. The molecule has 0 unspecified atom stereocenters. The Labute approximate surface area is 136 Å². The minimum atomic E-state index is -0.362. The van der Waals surface area contributed by atoms with Crippen LogP contribution in [0.4, 0.5) is 4.39 Å². The predicted octanol–water partition coefficient (Wildman–Crippen LogP) is 3.91. The molecule has 5 heteroatoms. The zero-order chi connectivity index (χ0) is 16.8. The fraction of sp³-hybridized carbons (Fsp3) is 0.444. The van der Waals surface area contributed by atoms with Crippen LogP contribution >= 0.6 is 0 Å². The second kappa shape index (κ2) is 7.90. The minimum absolute atomic E-state index is 0.102. The highest BCUT2D eigenvalue weighted by molar-refractivity contribution is 5.92. The molecule has 1 aromatic carbocycles. The van der Waals surface area contributed by atoms with E-state index >= 15 is 0 Å². The second-order valence-electron chi connectivity index (χ2n) is 5.62.